The van der Waals surface area contributed by atoms with Gasteiger partial charge in [-0.05, 0) is 19.4 Å². The Bertz CT molecular complexity index is 716. The van der Waals surface area contributed by atoms with Crippen molar-refractivity contribution in [3.05, 3.63) is 55.5 Å². The van der Waals surface area contributed by atoms with Crippen LogP contribution >= 0.6 is 11.3 Å². The highest BCUT2D eigenvalue weighted by atomic mass is 32.1. The van der Waals surface area contributed by atoms with Crippen LogP contribution in [-0.2, 0) is 12.7 Å². The van der Waals surface area contributed by atoms with E-state index in [1.165, 1.54) is 6.07 Å². The summed E-state index contributed by atoms with van der Waals surface area (Å²) < 4.78 is 37.6. The fourth-order valence-electron chi connectivity index (χ4n) is 2.03. The lowest BCUT2D eigenvalue weighted by atomic mass is 10.1. The summed E-state index contributed by atoms with van der Waals surface area (Å²) in [5, 5.41) is 15.2. The van der Waals surface area contributed by atoms with Crippen molar-refractivity contribution in [3.63, 3.8) is 0 Å². The normalized spacial score (nSPS) is 13.1. The predicted octanol–water partition coefficient (Wildman–Crippen LogP) is 4.23. The number of hydrogen-bond acceptors (Lipinski definition) is 5. The molecule has 5 nitrogen and oxygen atoms in total. The van der Waals surface area contributed by atoms with Gasteiger partial charge in [-0.2, -0.15) is 13.2 Å². The number of nitro benzene ring substituents is 1. The minimum absolute atomic E-state index is 0.0190. The lowest BCUT2D eigenvalue weighted by Gasteiger charge is -2.13. The number of rotatable bonds is 5. The van der Waals surface area contributed by atoms with Crippen LogP contribution in [0.25, 0.3) is 0 Å². The molecule has 0 aliphatic rings. The maximum Gasteiger partial charge on any atom is 0.434 e. The van der Waals surface area contributed by atoms with Crippen LogP contribution in [0, 0.1) is 17.0 Å². The van der Waals surface area contributed by atoms with Crippen molar-refractivity contribution in [2.45, 2.75) is 32.6 Å². The first-order valence-corrected chi connectivity index (χ1v) is 7.57. The molecule has 9 heteroatoms. The summed E-state index contributed by atoms with van der Waals surface area (Å²) in [6.07, 6.45) is -4.45. The average molecular weight is 345 g/mol. The van der Waals surface area contributed by atoms with Crippen LogP contribution in [0.3, 0.4) is 0 Å². The molecule has 23 heavy (non-hydrogen) atoms. The molecule has 0 radical (unpaired) electrons. The molecule has 1 atom stereocenters. The fourth-order valence-corrected chi connectivity index (χ4v) is 2.88. The van der Waals surface area contributed by atoms with Crippen LogP contribution < -0.4 is 5.32 Å². The van der Waals surface area contributed by atoms with Crippen LogP contribution in [0.5, 0.6) is 0 Å². The highest BCUT2D eigenvalue weighted by Crippen LogP contribution is 2.31. The van der Waals surface area contributed by atoms with E-state index >= 15 is 0 Å². The Hall–Kier alpha value is -2.00. The van der Waals surface area contributed by atoms with Crippen LogP contribution in [0.1, 0.15) is 34.8 Å². The predicted molar refractivity (Wildman–Crippen MR) is 80.2 cm³/mol. The second-order valence-corrected chi connectivity index (χ2v) is 5.88. The number of thiazole rings is 1. The molecule has 1 heterocycles. The number of nitro groups is 1. The molecule has 1 unspecified atom stereocenters. The minimum Gasteiger partial charge on any atom is -0.304 e. The van der Waals surface area contributed by atoms with Crippen molar-refractivity contribution >= 4 is 17.0 Å². The first kappa shape index (κ1) is 17.4. The molecule has 0 spiro atoms. The third kappa shape index (κ3) is 4.05. The average Bonchev–Trinajstić information content (AvgIpc) is 2.95. The molecule has 2 aromatic rings. The summed E-state index contributed by atoms with van der Waals surface area (Å²) in [4.78, 5) is 14.0. The zero-order valence-corrected chi connectivity index (χ0v) is 13.2. The summed E-state index contributed by atoms with van der Waals surface area (Å²) in [7, 11) is 0. The van der Waals surface area contributed by atoms with Crippen LogP contribution in [0.15, 0.2) is 23.6 Å². The summed E-state index contributed by atoms with van der Waals surface area (Å²) in [5.41, 5.74) is 0.370. The zero-order chi connectivity index (χ0) is 17.2. The number of aromatic nitrogens is 1. The summed E-state index contributed by atoms with van der Waals surface area (Å²) in [6, 6.07) is 4.34. The van der Waals surface area contributed by atoms with E-state index in [1.807, 2.05) is 0 Å². The SMILES string of the molecule is Cc1c(CNC(C)c2nc(C(F)(F)F)cs2)cccc1[N+](=O)[O-]. The number of hydrogen-bond donors (Lipinski definition) is 1. The van der Waals surface area contributed by atoms with Gasteiger partial charge >= 0.3 is 6.18 Å². The van der Waals surface area contributed by atoms with Gasteiger partial charge in [0, 0.05) is 23.6 Å². The Morgan fingerprint density at radius 3 is 2.70 bits per heavy atom. The molecule has 124 valence electrons. The highest BCUT2D eigenvalue weighted by Gasteiger charge is 2.34. The van der Waals surface area contributed by atoms with E-state index in [0.717, 1.165) is 22.3 Å². The molecule has 0 bridgehead atoms. The summed E-state index contributed by atoms with van der Waals surface area (Å²) >= 11 is 0.930. The molecule has 0 amide bonds. The van der Waals surface area contributed by atoms with Crippen molar-refractivity contribution in [2.75, 3.05) is 0 Å². The Balaban J connectivity index is 2.08. The second kappa shape index (κ2) is 6.63. The molecule has 0 fully saturated rings. The first-order chi connectivity index (χ1) is 10.7. The van der Waals surface area contributed by atoms with Gasteiger partial charge in [-0.25, -0.2) is 4.98 Å². The number of nitrogens with zero attached hydrogens (tertiary/aromatic N) is 2. The molecule has 1 N–H and O–H groups in total. The molecule has 0 saturated carbocycles. The van der Waals surface area contributed by atoms with Gasteiger partial charge in [0.1, 0.15) is 5.01 Å². The summed E-state index contributed by atoms with van der Waals surface area (Å²) in [6.45, 7) is 3.65. The van der Waals surface area contributed by atoms with Crippen molar-refractivity contribution in [3.8, 4) is 0 Å². The molecular formula is C14H14F3N3O2S. The number of halogens is 3. The second-order valence-electron chi connectivity index (χ2n) is 4.99. The Kier molecular flexibility index (Phi) is 5.00. The van der Waals surface area contributed by atoms with Crippen LogP contribution in [-0.4, -0.2) is 9.91 Å². The first-order valence-electron chi connectivity index (χ1n) is 6.69. The van der Waals surface area contributed by atoms with E-state index in [9.17, 15) is 23.3 Å². The summed E-state index contributed by atoms with van der Waals surface area (Å²) in [5.74, 6) is 0. The lowest BCUT2D eigenvalue weighted by Crippen LogP contribution is -2.19. The maximum absolute atomic E-state index is 12.5. The van der Waals surface area contributed by atoms with Gasteiger partial charge in [0.2, 0.25) is 0 Å². The van der Waals surface area contributed by atoms with Gasteiger partial charge in [-0.1, -0.05) is 12.1 Å². The standard InChI is InChI=1S/C14H14F3N3O2S/c1-8-10(4-3-5-11(8)20(21)22)6-18-9(2)13-19-12(7-23-13)14(15,16)17/h3-5,7,9,18H,6H2,1-2H3. The van der Waals surface area contributed by atoms with Gasteiger partial charge in [0.15, 0.2) is 5.69 Å². The van der Waals surface area contributed by atoms with E-state index in [2.05, 4.69) is 10.3 Å². The third-order valence-electron chi connectivity index (χ3n) is 3.40. The highest BCUT2D eigenvalue weighted by molar-refractivity contribution is 7.09. The Morgan fingerprint density at radius 2 is 2.13 bits per heavy atom. The van der Waals surface area contributed by atoms with E-state index < -0.39 is 22.8 Å². The zero-order valence-electron chi connectivity index (χ0n) is 12.3. The van der Waals surface area contributed by atoms with Crippen LogP contribution in [0.4, 0.5) is 18.9 Å². The van der Waals surface area contributed by atoms with Gasteiger partial charge in [-0.3, -0.25) is 10.1 Å². The molecule has 0 aliphatic carbocycles. The van der Waals surface area contributed by atoms with Crippen molar-refractivity contribution in [1.29, 1.82) is 0 Å². The monoisotopic (exact) mass is 345 g/mol. The van der Waals surface area contributed by atoms with Crippen molar-refractivity contribution < 1.29 is 18.1 Å². The topological polar surface area (TPSA) is 68.1 Å². The maximum atomic E-state index is 12.5. The van der Waals surface area contributed by atoms with Gasteiger partial charge in [-0.15, -0.1) is 11.3 Å². The molecule has 0 saturated heterocycles. The Labute approximate surface area is 134 Å². The number of benzene rings is 1. The van der Waals surface area contributed by atoms with E-state index in [0.29, 0.717) is 17.1 Å². The molecule has 2 rings (SSSR count). The number of alkyl halides is 3. The smallest absolute Gasteiger partial charge is 0.304 e. The number of nitrogens with one attached hydrogen (secondary N) is 1. The van der Waals surface area contributed by atoms with Crippen molar-refractivity contribution in [2.24, 2.45) is 0 Å². The molecule has 0 aliphatic heterocycles. The Morgan fingerprint density at radius 1 is 1.43 bits per heavy atom. The van der Waals surface area contributed by atoms with Gasteiger partial charge < -0.3 is 5.32 Å². The van der Waals surface area contributed by atoms with Crippen molar-refractivity contribution in [1.82, 2.24) is 10.3 Å². The lowest BCUT2D eigenvalue weighted by molar-refractivity contribution is -0.385. The fraction of sp³-hybridized carbons (Fsp3) is 0.357. The minimum atomic E-state index is -4.45. The van der Waals surface area contributed by atoms with Gasteiger partial charge in [0.05, 0.1) is 11.0 Å². The van der Waals surface area contributed by atoms with Gasteiger partial charge in [0.25, 0.3) is 5.69 Å². The largest absolute Gasteiger partial charge is 0.434 e. The quantitative estimate of drug-likeness (QED) is 0.650. The van der Waals surface area contributed by atoms with Crippen LogP contribution in [0.2, 0.25) is 0 Å². The van der Waals surface area contributed by atoms with E-state index in [4.69, 9.17) is 0 Å². The van der Waals surface area contributed by atoms with E-state index in [-0.39, 0.29) is 5.69 Å². The molecule has 1 aromatic heterocycles. The van der Waals surface area contributed by atoms with E-state index in [1.54, 1.807) is 26.0 Å². The third-order valence-corrected chi connectivity index (χ3v) is 4.42. The molecular weight excluding hydrogens is 331 g/mol. The molecule has 1 aromatic carbocycles.